The minimum atomic E-state index is -0.169. The van der Waals surface area contributed by atoms with Crippen molar-refractivity contribution >= 4 is 33.4 Å². The molecule has 2 heterocycles. The van der Waals surface area contributed by atoms with E-state index in [-0.39, 0.29) is 18.4 Å². The molecule has 1 saturated heterocycles. The normalized spacial score (nSPS) is 28.5. The molecule has 0 radical (unpaired) electrons. The highest BCUT2D eigenvalue weighted by Crippen LogP contribution is 2.53. The Labute approximate surface area is 148 Å². The maximum absolute atomic E-state index is 13.1. The third-order valence-electron chi connectivity index (χ3n) is 5.73. The minimum absolute atomic E-state index is 0.000427. The highest BCUT2D eigenvalue weighted by atomic mass is 79.9. The van der Waals surface area contributed by atoms with Crippen LogP contribution >= 0.6 is 15.9 Å². The lowest BCUT2D eigenvalue weighted by atomic mass is 9.80. The van der Waals surface area contributed by atoms with Crippen molar-refractivity contribution in [3.05, 3.63) is 22.2 Å². The number of likely N-dealkylation sites (tertiary alicyclic amines) is 1. The van der Waals surface area contributed by atoms with Crippen LogP contribution in [-0.4, -0.2) is 35.9 Å². The van der Waals surface area contributed by atoms with Crippen LogP contribution in [0.25, 0.3) is 0 Å². The molecule has 2 saturated carbocycles. The van der Waals surface area contributed by atoms with Gasteiger partial charge in [0.05, 0.1) is 11.3 Å². The number of carbonyl (C=O) groups excluding carboxylic acids is 2. The zero-order valence-electron chi connectivity index (χ0n) is 13.3. The van der Waals surface area contributed by atoms with Gasteiger partial charge in [-0.15, -0.1) is 0 Å². The van der Waals surface area contributed by atoms with Gasteiger partial charge in [-0.25, -0.2) is 0 Å². The molecule has 1 aromatic rings. The molecule has 5 rings (SSSR count). The van der Waals surface area contributed by atoms with Crippen molar-refractivity contribution in [3.8, 4) is 5.75 Å². The van der Waals surface area contributed by atoms with E-state index in [4.69, 9.17) is 4.74 Å². The number of hydrogen-bond acceptors (Lipinski definition) is 3. The molecule has 0 bridgehead atoms. The van der Waals surface area contributed by atoms with Gasteiger partial charge in [-0.05, 0) is 65.6 Å². The maximum atomic E-state index is 13.1. The molecule has 3 fully saturated rings. The number of amides is 2. The molecule has 6 heteroatoms. The number of halogens is 1. The van der Waals surface area contributed by atoms with Gasteiger partial charge in [0.15, 0.2) is 6.61 Å². The lowest BCUT2D eigenvalue weighted by Gasteiger charge is -2.49. The second kappa shape index (κ2) is 5.22. The molecule has 1 N–H and O–H groups in total. The molecule has 5 nitrogen and oxygen atoms in total. The van der Waals surface area contributed by atoms with E-state index in [1.54, 1.807) is 12.1 Å². The van der Waals surface area contributed by atoms with Crippen LogP contribution in [0.15, 0.2) is 16.6 Å². The van der Waals surface area contributed by atoms with E-state index in [2.05, 4.69) is 26.1 Å². The zero-order chi connectivity index (χ0) is 16.4. The van der Waals surface area contributed by atoms with Crippen LogP contribution in [0.5, 0.6) is 5.75 Å². The third kappa shape index (κ3) is 2.34. The highest BCUT2D eigenvalue weighted by molar-refractivity contribution is 9.10. The second-order valence-corrected chi connectivity index (χ2v) is 8.31. The van der Waals surface area contributed by atoms with Crippen LogP contribution in [0.1, 0.15) is 36.0 Å². The van der Waals surface area contributed by atoms with E-state index in [9.17, 15) is 9.59 Å². The number of nitrogens with zero attached hydrogens (tertiary/aromatic N) is 1. The van der Waals surface area contributed by atoms with Crippen molar-refractivity contribution in [3.63, 3.8) is 0 Å². The SMILES string of the molecule is O=C1COc2cc(C(=O)N3CC(C4CC4)C3C3CC3)c(Br)cc2N1. The van der Waals surface area contributed by atoms with Crippen LogP contribution in [0.3, 0.4) is 0 Å². The standard InChI is InChI=1S/C18H19BrN2O3/c19-13-6-14-15(24-8-16(22)20-14)5-11(13)18(23)21-7-12(9-1-2-9)17(21)10-3-4-10/h5-6,9-10,12,17H,1-4,7-8H2,(H,20,22). The summed E-state index contributed by atoms with van der Waals surface area (Å²) in [5.74, 6) is 2.76. The summed E-state index contributed by atoms with van der Waals surface area (Å²) >= 11 is 3.49. The van der Waals surface area contributed by atoms with Crippen molar-refractivity contribution in [1.29, 1.82) is 0 Å². The van der Waals surface area contributed by atoms with Crippen molar-refractivity contribution in [2.45, 2.75) is 31.7 Å². The lowest BCUT2D eigenvalue weighted by Crippen LogP contribution is -2.60. The first-order valence-electron chi connectivity index (χ1n) is 8.69. The number of carbonyl (C=O) groups is 2. The first-order chi connectivity index (χ1) is 11.6. The predicted octanol–water partition coefficient (Wildman–Crippen LogP) is 3.04. The minimum Gasteiger partial charge on any atom is -0.482 e. The topological polar surface area (TPSA) is 58.6 Å². The van der Waals surface area contributed by atoms with E-state index in [0.717, 1.165) is 12.5 Å². The maximum Gasteiger partial charge on any atom is 0.262 e. The van der Waals surface area contributed by atoms with E-state index in [0.29, 0.717) is 39.4 Å². The van der Waals surface area contributed by atoms with Crippen LogP contribution in [0, 0.1) is 17.8 Å². The van der Waals surface area contributed by atoms with E-state index < -0.39 is 0 Å². The molecule has 2 aliphatic carbocycles. The number of hydrogen-bond donors (Lipinski definition) is 1. The Hall–Kier alpha value is -1.56. The van der Waals surface area contributed by atoms with Crippen LogP contribution < -0.4 is 10.1 Å². The van der Waals surface area contributed by atoms with Crippen molar-refractivity contribution < 1.29 is 14.3 Å². The van der Waals surface area contributed by atoms with Gasteiger partial charge < -0.3 is 15.0 Å². The summed E-state index contributed by atoms with van der Waals surface area (Å²) in [5.41, 5.74) is 1.25. The van der Waals surface area contributed by atoms with Gasteiger partial charge >= 0.3 is 0 Å². The van der Waals surface area contributed by atoms with Gasteiger partial charge in [0, 0.05) is 23.0 Å². The highest BCUT2D eigenvalue weighted by Gasteiger charge is 2.54. The summed E-state index contributed by atoms with van der Waals surface area (Å²) in [6.07, 6.45) is 5.20. The Morgan fingerprint density at radius 1 is 1.21 bits per heavy atom. The smallest absolute Gasteiger partial charge is 0.262 e. The molecule has 24 heavy (non-hydrogen) atoms. The summed E-state index contributed by atoms with van der Waals surface area (Å²) < 4.78 is 6.18. The van der Waals surface area contributed by atoms with E-state index in [1.807, 2.05) is 0 Å². The van der Waals surface area contributed by atoms with Gasteiger partial charge in [-0.1, -0.05) is 0 Å². The number of nitrogens with one attached hydrogen (secondary N) is 1. The average molecular weight is 391 g/mol. The molecule has 4 aliphatic rings. The predicted molar refractivity (Wildman–Crippen MR) is 92.0 cm³/mol. The number of fused-ring (bicyclic) bond motifs is 1. The Morgan fingerprint density at radius 3 is 2.67 bits per heavy atom. The molecule has 2 aliphatic heterocycles. The summed E-state index contributed by atoms with van der Waals surface area (Å²) in [7, 11) is 0. The van der Waals surface area contributed by atoms with Crippen LogP contribution in [-0.2, 0) is 4.79 Å². The molecule has 0 spiro atoms. The fourth-order valence-electron chi connectivity index (χ4n) is 4.18. The zero-order valence-corrected chi connectivity index (χ0v) is 14.8. The summed E-state index contributed by atoms with van der Waals surface area (Å²) in [6.45, 7) is 0.895. The van der Waals surface area contributed by atoms with Crippen molar-refractivity contribution in [2.75, 3.05) is 18.5 Å². The van der Waals surface area contributed by atoms with Gasteiger partial charge in [0.1, 0.15) is 5.75 Å². The van der Waals surface area contributed by atoms with Crippen LogP contribution in [0.4, 0.5) is 5.69 Å². The summed E-state index contributed by atoms with van der Waals surface area (Å²) in [6, 6.07) is 3.97. The molecule has 1 aromatic carbocycles. The fraction of sp³-hybridized carbons (Fsp3) is 0.556. The summed E-state index contributed by atoms with van der Waals surface area (Å²) in [5, 5.41) is 2.77. The van der Waals surface area contributed by atoms with Gasteiger partial charge in [-0.3, -0.25) is 9.59 Å². The quantitative estimate of drug-likeness (QED) is 0.862. The van der Waals surface area contributed by atoms with Gasteiger partial charge in [-0.2, -0.15) is 0 Å². The first kappa shape index (κ1) is 14.8. The molecule has 0 aromatic heterocycles. The molecule has 126 valence electrons. The van der Waals surface area contributed by atoms with E-state index >= 15 is 0 Å². The van der Waals surface area contributed by atoms with Crippen molar-refractivity contribution in [1.82, 2.24) is 4.90 Å². The number of rotatable bonds is 3. The molecule has 2 atom stereocenters. The second-order valence-electron chi connectivity index (χ2n) is 7.45. The number of ether oxygens (including phenoxy) is 1. The monoisotopic (exact) mass is 390 g/mol. The summed E-state index contributed by atoms with van der Waals surface area (Å²) in [4.78, 5) is 26.6. The van der Waals surface area contributed by atoms with Gasteiger partial charge in [0.25, 0.3) is 11.8 Å². The Bertz CT molecular complexity index is 742. The molecule has 2 amide bonds. The Kier molecular flexibility index (Phi) is 3.21. The van der Waals surface area contributed by atoms with E-state index in [1.165, 1.54) is 25.7 Å². The molecule has 2 unspecified atom stereocenters. The number of benzene rings is 1. The average Bonchev–Trinajstić information content (AvgIpc) is 3.39. The molecular weight excluding hydrogens is 372 g/mol. The largest absolute Gasteiger partial charge is 0.482 e. The third-order valence-corrected chi connectivity index (χ3v) is 6.39. The number of anilines is 1. The fourth-order valence-corrected chi connectivity index (χ4v) is 4.69. The van der Waals surface area contributed by atoms with Gasteiger partial charge in [0.2, 0.25) is 0 Å². The van der Waals surface area contributed by atoms with Crippen LogP contribution in [0.2, 0.25) is 0 Å². The Balaban J connectivity index is 1.41. The first-order valence-corrected chi connectivity index (χ1v) is 9.48. The Morgan fingerprint density at radius 2 is 1.96 bits per heavy atom. The van der Waals surface area contributed by atoms with Crippen molar-refractivity contribution in [2.24, 2.45) is 17.8 Å². The molecular formula is C18H19BrN2O3. The lowest BCUT2D eigenvalue weighted by molar-refractivity contribution is -0.118.